The molecule has 2 rings (SSSR count). The summed E-state index contributed by atoms with van der Waals surface area (Å²) in [4.78, 5) is 13.9. The van der Waals surface area contributed by atoms with Crippen LogP contribution in [0.15, 0.2) is 24.3 Å². The number of hydrogen-bond donors (Lipinski definition) is 1. The molecule has 1 aromatic carbocycles. The third kappa shape index (κ3) is 2.18. The zero-order valence-corrected chi connectivity index (χ0v) is 10.2. The Kier molecular flexibility index (Phi) is 3.58. The van der Waals surface area contributed by atoms with Crippen molar-refractivity contribution < 1.29 is 4.79 Å². The molecular weight excluding hydrogens is 228 g/mol. The fourth-order valence-corrected chi connectivity index (χ4v) is 1.86. The van der Waals surface area contributed by atoms with Gasteiger partial charge in [-0.15, -0.1) is 0 Å². The fourth-order valence-electron chi connectivity index (χ4n) is 1.86. The third-order valence-corrected chi connectivity index (χ3v) is 2.84. The summed E-state index contributed by atoms with van der Waals surface area (Å²) >= 11 is 0. The lowest BCUT2D eigenvalue weighted by atomic mass is 10.2. The summed E-state index contributed by atoms with van der Waals surface area (Å²) in [6.45, 7) is 2.90. The van der Waals surface area contributed by atoms with Crippen LogP contribution in [0.2, 0.25) is 0 Å². The van der Waals surface area contributed by atoms with Crippen LogP contribution in [-0.2, 0) is 0 Å². The number of nitriles is 1. The molecule has 0 fully saturated rings. The van der Waals surface area contributed by atoms with E-state index in [0.717, 1.165) is 10.9 Å². The van der Waals surface area contributed by atoms with Crippen molar-refractivity contribution >= 4 is 16.8 Å². The first kappa shape index (κ1) is 12.1. The Labute approximate surface area is 105 Å². The van der Waals surface area contributed by atoms with Crippen LogP contribution in [0.25, 0.3) is 10.9 Å². The van der Waals surface area contributed by atoms with Crippen LogP contribution in [0.3, 0.4) is 0 Å². The maximum absolute atomic E-state index is 12.3. The van der Waals surface area contributed by atoms with Crippen molar-refractivity contribution in [1.82, 2.24) is 15.1 Å². The highest BCUT2D eigenvalue weighted by atomic mass is 16.2. The molecule has 0 aliphatic carbocycles. The van der Waals surface area contributed by atoms with Crippen LogP contribution in [0, 0.1) is 11.3 Å². The first-order valence-electron chi connectivity index (χ1n) is 5.87. The van der Waals surface area contributed by atoms with Crippen LogP contribution in [0.1, 0.15) is 23.8 Å². The molecule has 0 atom stereocenters. The van der Waals surface area contributed by atoms with Crippen LogP contribution < -0.4 is 0 Å². The normalized spacial score (nSPS) is 10.2. The molecule has 0 radical (unpaired) electrons. The zero-order valence-electron chi connectivity index (χ0n) is 10.2. The number of nitrogens with one attached hydrogen (secondary N) is 1. The van der Waals surface area contributed by atoms with E-state index in [1.54, 1.807) is 4.90 Å². The molecule has 1 heterocycles. The number of carbonyl (C=O) groups is 1. The Morgan fingerprint density at radius 3 is 3.00 bits per heavy atom. The first-order valence-corrected chi connectivity index (χ1v) is 5.87. The minimum absolute atomic E-state index is 0.134. The van der Waals surface area contributed by atoms with E-state index >= 15 is 0 Å². The van der Waals surface area contributed by atoms with Crippen LogP contribution >= 0.6 is 0 Å². The quantitative estimate of drug-likeness (QED) is 0.890. The number of carbonyl (C=O) groups excluding carboxylic acids is 1. The smallest absolute Gasteiger partial charge is 0.275 e. The topological polar surface area (TPSA) is 72.8 Å². The molecule has 0 aliphatic heterocycles. The van der Waals surface area contributed by atoms with Crippen molar-refractivity contribution in [1.29, 1.82) is 5.26 Å². The van der Waals surface area contributed by atoms with Gasteiger partial charge in [-0.05, 0) is 13.0 Å². The second-order valence-corrected chi connectivity index (χ2v) is 3.91. The van der Waals surface area contributed by atoms with Gasteiger partial charge >= 0.3 is 0 Å². The van der Waals surface area contributed by atoms with E-state index < -0.39 is 0 Å². The molecular formula is C13H14N4O. The maximum atomic E-state index is 12.3. The molecule has 0 aliphatic rings. The first-order chi connectivity index (χ1) is 8.77. The van der Waals surface area contributed by atoms with Gasteiger partial charge in [-0.3, -0.25) is 9.89 Å². The van der Waals surface area contributed by atoms with Gasteiger partial charge in [0.1, 0.15) is 0 Å². The second-order valence-electron chi connectivity index (χ2n) is 3.91. The second kappa shape index (κ2) is 5.32. The van der Waals surface area contributed by atoms with Gasteiger partial charge in [0.2, 0.25) is 0 Å². The summed E-state index contributed by atoms with van der Waals surface area (Å²) in [6, 6.07) is 9.56. The van der Waals surface area contributed by atoms with Gasteiger partial charge < -0.3 is 4.90 Å². The van der Waals surface area contributed by atoms with Crippen molar-refractivity contribution in [2.75, 3.05) is 13.1 Å². The number of fused-ring (bicyclic) bond motifs is 1. The Morgan fingerprint density at radius 2 is 2.28 bits per heavy atom. The SMILES string of the molecule is CCN(CCC#N)C(=O)c1n[nH]c2ccccc12. The molecule has 0 spiro atoms. The summed E-state index contributed by atoms with van der Waals surface area (Å²) < 4.78 is 0. The van der Waals surface area contributed by atoms with Gasteiger partial charge in [-0.2, -0.15) is 10.4 Å². The Hall–Kier alpha value is -2.35. The van der Waals surface area contributed by atoms with Crippen molar-refractivity contribution in [3.8, 4) is 6.07 Å². The number of aromatic nitrogens is 2. The van der Waals surface area contributed by atoms with Gasteiger partial charge in [0.05, 0.1) is 18.0 Å². The molecule has 1 aromatic heterocycles. The van der Waals surface area contributed by atoms with E-state index in [-0.39, 0.29) is 5.91 Å². The fraction of sp³-hybridized carbons (Fsp3) is 0.308. The van der Waals surface area contributed by atoms with Crippen molar-refractivity contribution in [3.63, 3.8) is 0 Å². The van der Waals surface area contributed by atoms with Gasteiger partial charge in [-0.25, -0.2) is 0 Å². The zero-order chi connectivity index (χ0) is 13.0. The van der Waals surface area contributed by atoms with Crippen LogP contribution in [0.4, 0.5) is 0 Å². The molecule has 0 bridgehead atoms. The van der Waals surface area contributed by atoms with Crippen LogP contribution in [0.5, 0.6) is 0 Å². The van der Waals surface area contributed by atoms with E-state index in [2.05, 4.69) is 10.2 Å². The van der Waals surface area contributed by atoms with Crippen molar-refractivity contribution in [3.05, 3.63) is 30.0 Å². The average Bonchev–Trinajstić information content (AvgIpc) is 2.83. The number of nitrogens with zero attached hydrogens (tertiary/aromatic N) is 3. The molecule has 18 heavy (non-hydrogen) atoms. The average molecular weight is 242 g/mol. The van der Waals surface area contributed by atoms with E-state index in [4.69, 9.17) is 5.26 Å². The molecule has 0 saturated heterocycles. The van der Waals surface area contributed by atoms with Gasteiger partial charge in [-0.1, -0.05) is 18.2 Å². The van der Waals surface area contributed by atoms with E-state index in [0.29, 0.717) is 25.2 Å². The number of amides is 1. The predicted molar refractivity (Wildman–Crippen MR) is 67.9 cm³/mol. The monoisotopic (exact) mass is 242 g/mol. The lowest BCUT2D eigenvalue weighted by molar-refractivity contribution is 0.0764. The molecule has 5 heteroatoms. The van der Waals surface area contributed by atoms with Crippen molar-refractivity contribution in [2.24, 2.45) is 0 Å². The predicted octanol–water partition coefficient (Wildman–Crippen LogP) is 1.94. The summed E-state index contributed by atoms with van der Waals surface area (Å²) in [5.74, 6) is -0.134. The Morgan fingerprint density at radius 1 is 1.50 bits per heavy atom. The molecule has 0 saturated carbocycles. The number of H-pyrrole nitrogens is 1. The molecule has 0 unspecified atom stereocenters. The number of aromatic amines is 1. The van der Waals surface area contributed by atoms with E-state index in [1.807, 2.05) is 37.3 Å². The standard InChI is InChI=1S/C13H14N4O/c1-2-17(9-5-8-14)13(18)12-10-6-3-4-7-11(10)15-16-12/h3-4,6-7H,2,5,9H2,1H3,(H,15,16). The Bertz CT molecular complexity index is 596. The molecule has 1 N–H and O–H groups in total. The highest BCUT2D eigenvalue weighted by Crippen LogP contribution is 2.16. The van der Waals surface area contributed by atoms with E-state index in [1.165, 1.54) is 0 Å². The summed E-state index contributed by atoms with van der Waals surface area (Å²) in [5, 5.41) is 16.3. The molecule has 5 nitrogen and oxygen atoms in total. The highest BCUT2D eigenvalue weighted by molar-refractivity contribution is 6.04. The number of para-hydroxylation sites is 1. The largest absolute Gasteiger partial charge is 0.336 e. The summed E-state index contributed by atoms with van der Waals surface area (Å²) in [5.41, 5.74) is 1.27. The number of benzene rings is 1. The molecule has 2 aromatic rings. The maximum Gasteiger partial charge on any atom is 0.275 e. The molecule has 1 amide bonds. The summed E-state index contributed by atoms with van der Waals surface area (Å²) in [6.07, 6.45) is 0.335. The number of rotatable bonds is 4. The number of hydrogen-bond acceptors (Lipinski definition) is 3. The van der Waals surface area contributed by atoms with Gasteiger partial charge in [0.15, 0.2) is 5.69 Å². The third-order valence-electron chi connectivity index (χ3n) is 2.84. The minimum Gasteiger partial charge on any atom is -0.336 e. The van der Waals surface area contributed by atoms with Gasteiger partial charge in [0, 0.05) is 18.5 Å². The summed E-state index contributed by atoms with van der Waals surface area (Å²) in [7, 11) is 0. The minimum atomic E-state index is -0.134. The molecule has 92 valence electrons. The van der Waals surface area contributed by atoms with Gasteiger partial charge in [0.25, 0.3) is 5.91 Å². The van der Waals surface area contributed by atoms with Crippen molar-refractivity contribution in [2.45, 2.75) is 13.3 Å². The highest BCUT2D eigenvalue weighted by Gasteiger charge is 2.19. The lowest BCUT2D eigenvalue weighted by Gasteiger charge is -2.18. The van der Waals surface area contributed by atoms with E-state index in [9.17, 15) is 4.79 Å². The Balaban J connectivity index is 2.30. The lowest BCUT2D eigenvalue weighted by Crippen LogP contribution is -2.32. The van der Waals surface area contributed by atoms with Crippen LogP contribution in [-0.4, -0.2) is 34.1 Å².